The Labute approximate surface area is 116 Å². The van der Waals surface area contributed by atoms with Gasteiger partial charge in [-0.15, -0.1) is 11.3 Å². The van der Waals surface area contributed by atoms with Crippen molar-refractivity contribution in [2.45, 2.75) is 50.7 Å². The van der Waals surface area contributed by atoms with Crippen molar-refractivity contribution in [3.8, 4) is 0 Å². The van der Waals surface area contributed by atoms with Crippen LogP contribution in [0.25, 0.3) is 0 Å². The maximum atomic E-state index is 12.0. The number of aliphatic hydroxyl groups excluding tert-OH is 1. The van der Waals surface area contributed by atoms with Crippen LogP contribution in [0.3, 0.4) is 0 Å². The number of fused-ring (bicyclic) bond motifs is 1. The van der Waals surface area contributed by atoms with Crippen LogP contribution in [-0.2, 0) is 17.6 Å². The number of nitrogens with zero attached hydrogens (tertiary/aromatic N) is 1. The van der Waals surface area contributed by atoms with Crippen LogP contribution in [0.5, 0.6) is 0 Å². The Bertz CT molecular complexity index is 451. The number of rotatable bonds is 2. The van der Waals surface area contributed by atoms with E-state index in [0.29, 0.717) is 18.1 Å². The molecule has 104 valence electrons. The first-order chi connectivity index (χ1) is 9.22. The third kappa shape index (κ3) is 2.96. The molecule has 3 rings (SSSR count). The standard InChI is InChI=1S/C13H19N3O2S/c17-8-6-10(14-7-8)12(18)16-13-15-9-4-2-1-3-5-11(9)19-13/h8,10,14,17H,1-7H2,(H,15,16,18)/t8-,10-/m1/s1. The van der Waals surface area contributed by atoms with Crippen molar-refractivity contribution in [2.24, 2.45) is 0 Å². The number of thiazole rings is 1. The third-order valence-corrected chi connectivity index (χ3v) is 4.82. The number of aryl methyl sites for hydroxylation is 2. The Morgan fingerprint density at radius 1 is 1.37 bits per heavy atom. The second-order valence-corrected chi connectivity index (χ2v) is 6.37. The lowest BCUT2D eigenvalue weighted by Gasteiger charge is -2.08. The third-order valence-electron chi connectivity index (χ3n) is 3.75. The maximum Gasteiger partial charge on any atom is 0.243 e. The van der Waals surface area contributed by atoms with E-state index >= 15 is 0 Å². The highest BCUT2D eigenvalue weighted by molar-refractivity contribution is 7.15. The molecule has 1 aromatic heterocycles. The van der Waals surface area contributed by atoms with Crippen molar-refractivity contribution < 1.29 is 9.90 Å². The van der Waals surface area contributed by atoms with Crippen molar-refractivity contribution >= 4 is 22.4 Å². The molecule has 3 N–H and O–H groups in total. The summed E-state index contributed by atoms with van der Waals surface area (Å²) in [5, 5.41) is 16.0. The molecule has 2 atom stereocenters. The number of anilines is 1. The number of carbonyl (C=O) groups is 1. The van der Waals surface area contributed by atoms with Gasteiger partial charge in [-0.05, 0) is 32.1 Å². The highest BCUT2D eigenvalue weighted by Gasteiger charge is 2.28. The number of nitrogens with one attached hydrogen (secondary N) is 2. The van der Waals surface area contributed by atoms with Gasteiger partial charge in [0.15, 0.2) is 5.13 Å². The molecule has 0 saturated carbocycles. The van der Waals surface area contributed by atoms with Crippen LogP contribution in [0.2, 0.25) is 0 Å². The van der Waals surface area contributed by atoms with E-state index in [1.165, 1.54) is 24.1 Å². The fourth-order valence-corrected chi connectivity index (χ4v) is 3.74. The van der Waals surface area contributed by atoms with Gasteiger partial charge in [-0.3, -0.25) is 4.79 Å². The van der Waals surface area contributed by atoms with E-state index in [-0.39, 0.29) is 11.9 Å². The Hall–Kier alpha value is -0.980. The Balaban J connectivity index is 1.65. The van der Waals surface area contributed by atoms with Gasteiger partial charge in [0.25, 0.3) is 0 Å². The predicted molar refractivity (Wildman–Crippen MR) is 74.4 cm³/mol. The first-order valence-electron chi connectivity index (χ1n) is 6.93. The van der Waals surface area contributed by atoms with Crippen molar-refractivity contribution in [3.05, 3.63) is 10.6 Å². The van der Waals surface area contributed by atoms with Gasteiger partial charge >= 0.3 is 0 Å². The molecule has 0 spiro atoms. The van der Waals surface area contributed by atoms with E-state index in [4.69, 9.17) is 0 Å². The predicted octanol–water partition coefficient (Wildman–Crippen LogP) is 1.07. The minimum absolute atomic E-state index is 0.0829. The van der Waals surface area contributed by atoms with Gasteiger partial charge in [0.1, 0.15) is 0 Å². The largest absolute Gasteiger partial charge is 0.392 e. The van der Waals surface area contributed by atoms with Crippen LogP contribution in [0.4, 0.5) is 5.13 Å². The minimum Gasteiger partial charge on any atom is -0.392 e. The Morgan fingerprint density at radius 3 is 3.00 bits per heavy atom. The Morgan fingerprint density at radius 2 is 2.21 bits per heavy atom. The minimum atomic E-state index is -0.413. The van der Waals surface area contributed by atoms with Crippen LogP contribution in [0.15, 0.2) is 0 Å². The summed E-state index contributed by atoms with van der Waals surface area (Å²) in [6, 6.07) is -0.293. The first kappa shape index (κ1) is 13.0. The molecule has 2 aliphatic rings. The quantitative estimate of drug-likeness (QED) is 0.709. The van der Waals surface area contributed by atoms with Crippen molar-refractivity contribution in [1.82, 2.24) is 10.3 Å². The summed E-state index contributed by atoms with van der Waals surface area (Å²) < 4.78 is 0. The number of aliphatic hydroxyl groups is 1. The van der Waals surface area contributed by atoms with Crippen molar-refractivity contribution in [1.29, 1.82) is 0 Å². The molecule has 1 amide bonds. The fraction of sp³-hybridized carbons (Fsp3) is 0.692. The van der Waals surface area contributed by atoms with E-state index in [9.17, 15) is 9.90 Å². The van der Waals surface area contributed by atoms with E-state index < -0.39 is 6.10 Å². The molecule has 6 heteroatoms. The van der Waals surface area contributed by atoms with Gasteiger partial charge in [-0.2, -0.15) is 0 Å². The van der Waals surface area contributed by atoms with Gasteiger partial charge in [-0.25, -0.2) is 4.98 Å². The maximum absolute atomic E-state index is 12.0. The van der Waals surface area contributed by atoms with Gasteiger partial charge < -0.3 is 15.7 Å². The first-order valence-corrected chi connectivity index (χ1v) is 7.75. The number of hydrogen-bond donors (Lipinski definition) is 3. The molecule has 5 nitrogen and oxygen atoms in total. The molecule has 0 radical (unpaired) electrons. The normalized spacial score (nSPS) is 26.8. The smallest absolute Gasteiger partial charge is 0.243 e. The van der Waals surface area contributed by atoms with E-state index in [1.54, 1.807) is 11.3 Å². The zero-order chi connectivity index (χ0) is 13.2. The number of amides is 1. The topological polar surface area (TPSA) is 74.2 Å². The zero-order valence-electron chi connectivity index (χ0n) is 10.8. The number of carbonyl (C=O) groups excluding carboxylic acids is 1. The van der Waals surface area contributed by atoms with Crippen molar-refractivity contribution in [2.75, 3.05) is 11.9 Å². The van der Waals surface area contributed by atoms with Crippen LogP contribution in [0, 0.1) is 0 Å². The molecule has 0 aromatic carbocycles. The average molecular weight is 281 g/mol. The van der Waals surface area contributed by atoms with Crippen molar-refractivity contribution in [3.63, 3.8) is 0 Å². The molecule has 1 aromatic rings. The molecule has 1 fully saturated rings. The average Bonchev–Trinajstić information content (AvgIpc) is 2.91. The summed E-state index contributed by atoms with van der Waals surface area (Å²) in [7, 11) is 0. The summed E-state index contributed by atoms with van der Waals surface area (Å²) >= 11 is 1.60. The summed E-state index contributed by atoms with van der Waals surface area (Å²) in [6.07, 6.45) is 5.87. The second kappa shape index (κ2) is 5.56. The lowest BCUT2D eigenvalue weighted by Crippen LogP contribution is -2.35. The summed E-state index contributed by atoms with van der Waals surface area (Å²) in [6.45, 7) is 0.493. The molecule has 1 aliphatic carbocycles. The van der Waals surface area contributed by atoms with E-state index in [1.807, 2.05) is 0 Å². The second-order valence-electron chi connectivity index (χ2n) is 5.29. The highest BCUT2D eigenvalue weighted by Crippen LogP contribution is 2.29. The van der Waals surface area contributed by atoms with E-state index in [2.05, 4.69) is 15.6 Å². The van der Waals surface area contributed by atoms with Gasteiger partial charge in [0.05, 0.1) is 17.8 Å². The monoisotopic (exact) mass is 281 g/mol. The highest BCUT2D eigenvalue weighted by atomic mass is 32.1. The lowest BCUT2D eigenvalue weighted by atomic mass is 10.2. The summed E-state index contributed by atoms with van der Waals surface area (Å²) in [5.74, 6) is -0.0829. The van der Waals surface area contributed by atoms with Gasteiger partial charge in [0.2, 0.25) is 5.91 Å². The number of aromatic nitrogens is 1. The van der Waals surface area contributed by atoms with Gasteiger partial charge in [0, 0.05) is 11.4 Å². The fourth-order valence-electron chi connectivity index (χ4n) is 2.69. The van der Waals surface area contributed by atoms with Crippen LogP contribution in [-0.4, -0.2) is 34.7 Å². The molecule has 0 unspecified atom stereocenters. The molecule has 0 bridgehead atoms. The zero-order valence-corrected chi connectivity index (χ0v) is 11.6. The molecule has 1 saturated heterocycles. The van der Waals surface area contributed by atoms with Gasteiger partial charge in [-0.1, -0.05) is 6.42 Å². The number of hydrogen-bond acceptors (Lipinski definition) is 5. The summed E-state index contributed by atoms with van der Waals surface area (Å²) in [4.78, 5) is 17.9. The SMILES string of the molecule is O=C(Nc1nc2c(s1)CCCCC2)[C@H]1C[C@@H](O)CN1. The van der Waals surface area contributed by atoms with Crippen LogP contribution < -0.4 is 10.6 Å². The number of β-amino-alcohol motifs (C(OH)–C–C–N with tert-alkyl or cyclic N) is 1. The van der Waals surface area contributed by atoms with Crippen LogP contribution >= 0.6 is 11.3 Å². The molecular weight excluding hydrogens is 262 g/mol. The van der Waals surface area contributed by atoms with E-state index in [0.717, 1.165) is 18.5 Å². The molecule has 2 heterocycles. The molecule has 19 heavy (non-hydrogen) atoms. The Kier molecular flexibility index (Phi) is 3.81. The lowest BCUT2D eigenvalue weighted by molar-refractivity contribution is -0.117. The summed E-state index contributed by atoms with van der Waals surface area (Å²) in [5.41, 5.74) is 1.16. The van der Waals surface area contributed by atoms with Crippen LogP contribution in [0.1, 0.15) is 36.3 Å². The molecular formula is C13H19N3O2S. The molecule has 1 aliphatic heterocycles.